The summed E-state index contributed by atoms with van der Waals surface area (Å²) in [6.07, 6.45) is 14.1. The van der Waals surface area contributed by atoms with Crippen molar-refractivity contribution in [1.82, 2.24) is 5.32 Å². The third-order valence-corrected chi connectivity index (χ3v) is 16.8. The molecule has 16 nitrogen and oxygen atoms in total. The molecule has 2 aliphatic heterocycles. The Morgan fingerprint density at radius 2 is 0.943 bits per heavy atom. The third-order valence-electron chi connectivity index (χ3n) is 14.3. The molecule has 70 heavy (non-hydrogen) atoms. The average Bonchev–Trinajstić information content (AvgIpc) is 3.36. The van der Waals surface area contributed by atoms with Crippen molar-refractivity contribution < 1.29 is 74.8 Å². The number of carbonyl (C=O) groups is 1. The van der Waals surface area contributed by atoms with Gasteiger partial charge in [0.1, 0.15) is 61.0 Å². The van der Waals surface area contributed by atoms with Gasteiger partial charge in [0.15, 0.2) is 12.6 Å². The zero-order valence-corrected chi connectivity index (χ0v) is 45.1. The largest absolute Gasteiger partial charge is 0.394 e. The lowest BCUT2D eigenvalue weighted by molar-refractivity contribution is -0.359. The smallest absolute Gasteiger partial charge is 0.249 e. The minimum Gasteiger partial charge on any atom is -0.394 e. The van der Waals surface area contributed by atoms with Gasteiger partial charge in [0.2, 0.25) is 5.91 Å². The van der Waals surface area contributed by atoms with Crippen LogP contribution in [0.25, 0.3) is 0 Å². The Morgan fingerprint density at radius 1 is 0.529 bits per heavy atom. The predicted molar refractivity (Wildman–Crippen MR) is 278 cm³/mol. The molecule has 416 valence electrons. The van der Waals surface area contributed by atoms with Gasteiger partial charge in [-0.05, 0) is 38.2 Å². The van der Waals surface area contributed by atoms with Gasteiger partial charge in [0, 0.05) is 10.5 Å². The normalized spacial score (nSPS) is 27.7. The standard InChI is InChI=1S/C52H101NO15S2/c1-5-7-9-11-13-15-17-18-19-21-23-25-30-38(57)50(64)53-36(35-65-51-48(63)46(61)49(40(34-55)67-51)68-52-47(62)45(60)44(59)39(33-54)66-52)43(58)37(56)29-27-28-32-42(70-4)41(69-3)31-26-24-22-20-16-14-12-10-8-6-2/h36-49,51-52,54-63H,5-35H2,1-4H3,(H,53,64)/t36-,37+,38+,39+,40+,41?,42?,43-,44-,45-,46+,47+,48+,49+,51+,52-/m0/s1. The average molecular weight is 1040 g/mol. The predicted octanol–water partition coefficient (Wildman–Crippen LogP) is 5.62. The molecule has 2 heterocycles. The molecular formula is C52H101NO15S2. The number of hydrogen-bond acceptors (Lipinski definition) is 17. The molecule has 16 atom stereocenters. The number of nitrogens with one attached hydrogen (secondary N) is 1. The van der Waals surface area contributed by atoms with Crippen LogP contribution in [0.3, 0.4) is 0 Å². The van der Waals surface area contributed by atoms with Crippen molar-refractivity contribution in [3.05, 3.63) is 0 Å². The first kappa shape index (κ1) is 65.7. The Morgan fingerprint density at radius 3 is 1.41 bits per heavy atom. The number of aliphatic hydroxyl groups is 10. The molecule has 0 aliphatic carbocycles. The fraction of sp³-hybridized carbons (Fsp3) is 0.981. The summed E-state index contributed by atoms with van der Waals surface area (Å²) >= 11 is 3.78. The van der Waals surface area contributed by atoms with Crippen molar-refractivity contribution in [1.29, 1.82) is 0 Å². The molecule has 1 amide bonds. The zero-order chi connectivity index (χ0) is 51.7. The van der Waals surface area contributed by atoms with Crippen LogP contribution >= 0.6 is 23.5 Å². The van der Waals surface area contributed by atoms with Crippen LogP contribution in [0.2, 0.25) is 0 Å². The summed E-state index contributed by atoms with van der Waals surface area (Å²) in [4.78, 5) is 13.4. The van der Waals surface area contributed by atoms with Crippen molar-refractivity contribution in [2.45, 2.75) is 290 Å². The topological polar surface area (TPSA) is 268 Å². The Hall–Kier alpha value is -0.390. The number of amides is 1. The van der Waals surface area contributed by atoms with Crippen LogP contribution in [-0.4, -0.2) is 186 Å². The fourth-order valence-electron chi connectivity index (χ4n) is 9.59. The van der Waals surface area contributed by atoms with Crippen molar-refractivity contribution >= 4 is 29.4 Å². The number of unbranched alkanes of at least 4 members (excludes halogenated alkanes) is 21. The second-order valence-corrected chi connectivity index (χ2v) is 22.2. The first-order chi connectivity index (χ1) is 33.8. The maximum atomic E-state index is 13.4. The molecule has 0 aromatic rings. The molecule has 2 saturated heterocycles. The first-order valence-electron chi connectivity index (χ1n) is 27.4. The molecular weight excluding hydrogens is 943 g/mol. The molecule has 0 aromatic carbocycles. The van der Waals surface area contributed by atoms with E-state index < -0.39 is 111 Å². The first-order valence-corrected chi connectivity index (χ1v) is 30.0. The van der Waals surface area contributed by atoms with Crippen molar-refractivity contribution in [3.63, 3.8) is 0 Å². The van der Waals surface area contributed by atoms with Crippen LogP contribution in [0.1, 0.15) is 194 Å². The van der Waals surface area contributed by atoms with Crippen LogP contribution in [0.15, 0.2) is 0 Å². The number of ether oxygens (including phenoxy) is 4. The number of thioether (sulfide) groups is 2. The Bertz CT molecular complexity index is 1260. The third kappa shape index (κ3) is 25.0. The quantitative estimate of drug-likeness (QED) is 0.0331. The maximum Gasteiger partial charge on any atom is 0.249 e. The minimum atomic E-state index is -1.85. The van der Waals surface area contributed by atoms with E-state index in [4.69, 9.17) is 18.9 Å². The van der Waals surface area contributed by atoms with Gasteiger partial charge in [-0.2, -0.15) is 23.5 Å². The molecule has 11 N–H and O–H groups in total. The van der Waals surface area contributed by atoms with Gasteiger partial charge >= 0.3 is 0 Å². The van der Waals surface area contributed by atoms with E-state index in [-0.39, 0.29) is 12.8 Å². The minimum absolute atomic E-state index is 0.201. The molecule has 18 heteroatoms. The van der Waals surface area contributed by atoms with E-state index in [0.29, 0.717) is 23.3 Å². The molecule has 0 spiro atoms. The second-order valence-electron chi connectivity index (χ2n) is 20.0. The van der Waals surface area contributed by atoms with Gasteiger partial charge in [0.25, 0.3) is 0 Å². The van der Waals surface area contributed by atoms with Gasteiger partial charge in [0.05, 0.1) is 32.0 Å². The number of aliphatic hydroxyl groups excluding tert-OH is 10. The molecule has 2 aliphatic rings. The number of hydrogen-bond donors (Lipinski definition) is 11. The van der Waals surface area contributed by atoms with E-state index in [0.717, 1.165) is 38.5 Å². The van der Waals surface area contributed by atoms with Gasteiger partial charge in [-0.25, -0.2) is 0 Å². The summed E-state index contributed by atoms with van der Waals surface area (Å²) in [6.45, 7) is 2.41. The molecule has 0 radical (unpaired) electrons. The molecule has 2 rings (SSSR count). The number of rotatable bonds is 43. The maximum absolute atomic E-state index is 13.4. The van der Waals surface area contributed by atoms with Crippen LogP contribution in [-0.2, 0) is 23.7 Å². The van der Waals surface area contributed by atoms with E-state index in [1.54, 1.807) is 0 Å². The van der Waals surface area contributed by atoms with Crippen molar-refractivity contribution in [2.24, 2.45) is 0 Å². The van der Waals surface area contributed by atoms with Gasteiger partial charge in [-0.15, -0.1) is 0 Å². The molecule has 0 bridgehead atoms. The molecule has 2 unspecified atom stereocenters. The number of carbonyl (C=O) groups excluding carboxylic acids is 1. The van der Waals surface area contributed by atoms with E-state index in [1.165, 1.54) is 116 Å². The van der Waals surface area contributed by atoms with Crippen molar-refractivity contribution in [2.75, 3.05) is 32.3 Å². The SMILES string of the molecule is CCCCCCCCCCCCCC[C@@H](O)C(=O)N[C@@H](CO[C@@H]1O[C@H](CO)[C@@H](O[C@@H]2O[C@H](CO)[C@H](O)[C@H](O)[C@H]2O)[C@H](O)[C@H]1O)[C@H](O)[C@H](O)CCCCC(SC)C(CCCCCCCCCCCC)SC. The highest BCUT2D eigenvalue weighted by molar-refractivity contribution is 8.03. The van der Waals surface area contributed by atoms with Gasteiger partial charge < -0.3 is 75.3 Å². The zero-order valence-electron chi connectivity index (χ0n) is 43.5. The highest BCUT2D eigenvalue weighted by Crippen LogP contribution is 2.32. The summed E-state index contributed by atoms with van der Waals surface area (Å²) in [6, 6.07) is -1.29. The molecule has 2 fully saturated rings. The summed E-state index contributed by atoms with van der Waals surface area (Å²) in [5.74, 6) is -0.761. The van der Waals surface area contributed by atoms with Crippen molar-refractivity contribution in [3.8, 4) is 0 Å². The summed E-state index contributed by atoms with van der Waals surface area (Å²) in [5.41, 5.74) is 0. The highest BCUT2D eigenvalue weighted by atomic mass is 32.2. The second kappa shape index (κ2) is 39.9. The fourth-order valence-corrected chi connectivity index (χ4v) is 11.9. The van der Waals surface area contributed by atoms with Crippen LogP contribution in [0, 0.1) is 0 Å². The van der Waals surface area contributed by atoms with E-state index in [9.17, 15) is 55.9 Å². The van der Waals surface area contributed by atoms with E-state index in [1.807, 2.05) is 23.5 Å². The van der Waals surface area contributed by atoms with Crippen LogP contribution < -0.4 is 5.32 Å². The Kier molecular flexibility index (Phi) is 37.5. The molecule has 0 aromatic heterocycles. The van der Waals surface area contributed by atoms with Crippen LogP contribution in [0.4, 0.5) is 0 Å². The molecule has 0 saturated carbocycles. The Labute approximate surface area is 430 Å². The lowest BCUT2D eigenvalue weighted by atomic mass is 9.97. The van der Waals surface area contributed by atoms with Gasteiger partial charge in [-0.1, -0.05) is 168 Å². The lowest BCUT2D eigenvalue weighted by Crippen LogP contribution is -2.65. The summed E-state index contributed by atoms with van der Waals surface area (Å²) < 4.78 is 22.7. The highest BCUT2D eigenvalue weighted by Gasteiger charge is 2.51. The lowest BCUT2D eigenvalue weighted by Gasteiger charge is -2.46. The Balaban J connectivity index is 2.00. The van der Waals surface area contributed by atoms with Crippen LogP contribution in [0.5, 0.6) is 0 Å². The summed E-state index contributed by atoms with van der Waals surface area (Å²) in [7, 11) is 0. The van der Waals surface area contributed by atoms with E-state index >= 15 is 0 Å². The van der Waals surface area contributed by atoms with E-state index in [2.05, 4.69) is 31.7 Å². The van der Waals surface area contributed by atoms with Gasteiger partial charge in [-0.3, -0.25) is 4.79 Å². The summed E-state index contributed by atoms with van der Waals surface area (Å²) in [5, 5.41) is 110. The monoisotopic (exact) mass is 1040 g/mol.